The van der Waals surface area contributed by atoms with E-state index in [0.29, 0.717) is 11.6 Å². The lowest BCUT2D eigenvalue weighted by Gasteiger charge is -2.27. The van der Waals surface area contributed by atoms with Gasteiger partial charge in [-0.25, -0.2) is 4.79 Å². The van der Waals surface area contributed by atoms with Crippen molar-refractivity contribution in [3.05, 3.63) is 70.2 Å². The summed E-state index contributed by atoms with van der Waals surface area (Å²) in [6, 6.07) is 15.6. The minimum absolute atomic E-state index is 0.0673. The van der Waals surface area contributed by atoms with Gasteiger partial charge in [0, 0.05) is 31.2 Å². The minimum Gasteiger partial charge on any atom is -0.379 e. The van der Waals surface area contributed by atoms with Crippen LogP contribution in [0.25, 0.3) is 0 Å². The molecule has 2 aromatic rings. The highest BCUT2D eigenvalue weighted by Gasteiger charge is 2.15. The Labute approximate surface area is 172 Å². The topological polar surface area (TPSA) is 53.6 Å². The van der Waals surface area contributed by atoms with Gasteiger partial charge in [0.05, 0.1) is 19.3 Å². The van der Waals surface area contributed by atoms with Crippen molar-refractivity contribution in [2.45, 2.75) is 32.5 Å². The van der Waals surface area contributed by atoms with Gasteiger partial charge in [-0.05, 0) is 35.2 Å². The minimum atomic E-state index is -0.173. The van der Waals surface area contributed by atoms with Crippen LogP contribution in [0, 0.1) is 0 Å². The van der Waals surface area contributed by atoms with E-state index in [4.69, 9.17) is 16.3 Å². The van der Waals surface area contributed by atoms with Crippen molar-refractivity contribution in [2.24, 2.45) is 0 Å². The molecule has 1 aliphatic rings. The van der Waals surface area contributed by atoms with Gasteiger partial charge in [-0.3, -0.25) is 4.90 Å². The van der Waals surface area contributed by atoms with Crippen molar-refractivity contribution >= 4 is 17.6 Å². The summed E-state index contributed by atoms with van der Waals surface area (Å²) in [7, 11) is 0. The lowest BCUT2D eigenvalue weighted by atomic mass is 10.0. The van der Waals surface area contributed by atoms with E-state index >= 15 is 0 Å². The molecule has 2 aromatic carbocycles. The molecule has 0 saturated carbocycles. The number of carbonyl (C=O) groups is 1. The van der Waals surface area contributed by atoms with Crippen molar-refractivity contribution in [1.29, 1.82) is 0 Å². The van der Waals surface area contributed by atoms with Crippen molar-refractivity contribution in [3.63, 3.8) is 0 Å². The molecular weight excluding hydrogens is 374 g/mol. The molecule has 1 unspecified atom stereocenters. The van der Waals surface area contributed by atoms with Crippen molar-refractivity contribution in [2.75, 3.05) is 26.3 Å². The Balaban J connectivity index is 1.56. The van der Waals surface area contributed by atoms with Gasteiger partial charge in [0.15, 0.2) is 0 Å². The molecule has 2 amide bonds. The Morgan fingerprint density at radius 3 is 2.61 bits per heavy atom. The molecule has 1 heterocycles. The maximum absolute atomic E-state index is 12.5. The molecule has 3 rings (SSSR count). The van der Waals surface area contributed by atoms with Gasteiger partial charge in [-0.2, -0.15) is 0 Å². The Kier molecular flexibility index (Phi) is 7.71. The fraction of sp³-hybridized carbons (Fsp3) is 0.409. The predicted molar refractivity (Wildman–Crippen MR) is 112 cm³/mol. The molecule has 0 aromatic heterocycles. The number of hydrogen-bond acceptors (Lipinski definition) is 3. The Morgan fingerprint density at radius 2 is 1.89 bits per heavy atom. The Bertz CT molecular complexity index is 778. The van der Waals surface area contributed by atoms with Gasteiger partial charge >= 0.3 is 6.03 Å². The zero-order valence-electron chi connectivity index (χ0n) is 16.3. The molecule has 1 saturated heterocycles. The number of rotatable bonds is 7. The lowest BCUT2D eigenvalue weighted by Crippen LogP contribution is -2.38. The highest BCUT2D eigenvalue weighted by molar-refractivity contribution is 6.30. The van der Waals surface area contributed by atoms with E-state index in [-0.39, 0.29) is 12.1 Å². The normalized spacial score (nSPS) is 15.8. The number of hydrogen-bond donors (Lipinski definition) is 2. The number of halogens is 1. The molecule has 0 aliphatic carbocycles. The monoisotopic (exact) mass is 401 g/mol. The number of nitrogens with zero attached hydrogens (tertiary/aromatic N) is 1. The molecule has 1 aliphatic heterocycles. The average Bonchev–Trinajstić information content (AvgIpc) is 2.72. The number of urea groups is 1. The van der Waals surface area contributed by atoms with Crippen molar-refractivity contribution < 1.29 is 9.53 Å². The standard InChI is InChI=1S/C22H28ClN3O2/c1-2-21(17-8-5-9-20(23)14-17)25-22(27)24-15-18-6-3-4-7-19(18)16-26-10-12-28-13-11-26/h3-9,14,21H,2,10-13,15-16H2,1H3,(H2,24,25,27). The van der Waals surface area contributed by atoms with Crippen LogP contribution in [-0.2, 0) is 17.8 Å². The maximum Gasteiger partial charge on any atom is 0.315 e. The largest absolute Gasteiger partial charge is 0.379 e. The van der Waals surface area contributed by atoms with E-state index in [1.54, 1.807) is 0 Å². The van der Waals surface area contributed by atoms with Crippen LogP contribution >= 0.6 is 11.6 Å². The van der Waals surface area contributed by atoms with Gasteiger partial charge in [0.1, 0.15) is 0 Å². The van der Waals surface area contributed by atoms with Crippen LogP contribution in [0.4, 0.5) is 4.79 Å². The van der Waals surface area contributed by atoms with E-state index < -0.39 is 0 Å². The number of benzene rings is 2. The first kappa shape index (κ1) is 20.6. The van der Waals surface area contributed by atoms with Crippen LogP contribution in [0.15, 0.2) is 48.5 Å². The molecular formula is C22H28ClN3O2. The zero-order valence-corrected chi connectivity index (χ0v) is 17.0. The highest BCUT2D eigenvalue weighted by Crippen LogP contribution is 2.20. The first-order valence-electron chi connectivity index (χ1n) is 9.82. The molecule has 5 nitrogen and oxygen atoms in total. The van der Waals surface area contributed by atoms with E-state index in [1.807, 2.05) is 43.3 Å². The van der Waals surface area contributed by atoms with E-state index in [0.717, 1.165) is 50.4 Å². The number of carbonyl (C=O) groups excluding carboxylic acids is 1. The Morgan fingerprint density at radius 1 is 1.14 bits per heavy atom. The van der Waals surface area contributed by atoms with Gasteiger partial charge in [-0.15, -0.1) is 0 Å². The first-order chi connectivity index (χ1) is 13.7. The van der Waals surface area contributed by atoms with Crippen LogP contribution in [-0.4, -0.2) is 37.2 Å². The summed E-state index contributed by atoms with van der Waals surface area (Å²) in [4.78, 5) is 14.8. The molecule has 1 atom stereocenters. The average molecular weight is 402 g/mol. The second-order valence-corrected chi connectivity index (χ2v) is 7.44. The fourth-order valence-electron chi connectivity index (χ4n) is 3.41. The second kappa shape index (κ2) is 10.5. The quantitative estimate of drug-likeness (QED) is 0.733. The molecule has 0 radical (unpaired) electrons. The van der Waals surface area contributed by atoms with Gasteiger partial charge in [0.2, 0.25) is 0 Å². The SMILES string of the molecule is CCC(NC(=O)NCc1ccccc1CN1CCOCC1)c1cccc(Cl)c1. The van der Waals surface area contributed by atoms with Crippen LogP contribution in [0.5, 0.6) is 0 Å². The van der Waals surface area contributed by atoms with E-state index in [2.05, 4.69) is 27.7 Å². The molecule has 150 valence electrons. The summed E-state index contributed by atoms with van der Waals surface area (Å²) in [5, 5.41) is 6.72. The van der Waals surface area contributed by atoms with E-state index in [1.165, 1.54) is 5.56 Å². The summed E-state index contributed by atoms with van der Waals surface area (Å²) in [6.45, 7) is 6.88. The highest BCUT2D eigenvalue weighted by atomic mass is 35.5. The maximum atomic E-state index is 12.5. The predicted octanol–water partition coefficient (Wildman–Crippen LogP) is 4.12. The van der Waals surface area contributed by atoms with Crippen LogP contribution in [0.1, 0.15) is 36.1 Å². The molecule has 1 fully saturated rings. The second-order valence-electron chi connectivity index (χ2n) is 7.00. The third kappa shape index (κ3) is 5.96. The molecule has 6 heteroatoms. The molecule has 0 bridgehead atoms. The smallest absolute Gasteiger partial charge is 0.315 e. The number of ether oxygens (including phenoxy) is 1. The third-order valence-corrected chi connectivity index (χ3v) is 5.26. The number of nitrogens with one attached hydrogen (secondary N) is 2. The Hall–Kier alpha value is -2.08. The number of morpholine rings is 1. The first-order valence-corrected chi connectivity index (χ1v) is 10.2. The summed E-state index contributed by atoms with van der Waals surface area (Å²) in [6.07, 6.45) is 0.793. The summed E-state index contributed by atoms with van der Waals surface area (Å²) < 4.78 is 5.42. The fourth-order valence-corrected chi connectivity index (χ4v) is 3.61. The lowest BCUT2D eigenvalue weighted by molar-refractivity contribution is 0.0341. The third-order valence-electron chi connectivity index (χ3n) is 5.02. The van der Waals surface area contributed by atoms with Gasteiger partial charge < -0.3 is 15.4 Å². The summed E-state index contributed by atoms with van der Waals surface area (Å²) >= 11 is 6.08. The zero-order chi connectivity index (χ0) is 19.8. The van der Waals surface area contributed by atoms with Crippen LogP contribution in [0.3, 0.4) is 0 Å². The summed E-state index contributed by atoms with van der Waals surface area (Å²) in [5.41, 5.74) is 3.39. The van der Waals surface area contributed by atoms with Crippen LogP contribution in [0.2, 0.25) is 5.02 Å². The van der Waals surface area contributed by atoms with E-state index in [9.17, 15) is 4.79 Å². The molecule has 2 N–H and O–H groups in total. The molecule has 0 spiro atoms. The van der Waals surface area contributed by atoms with Crippen LogP contribution < -0.4 is 10.6 Å². The number of amides is 2. The van der Waals surface area contributed by atoms with Gasteiger partial charge in [-0.1, -0.05) is 54.9 Å². The van der Waals surface area contributed by atoms with Gasteiger partial charge in [0.25, 0.3) is 0 Å². The molecule has 28 heavy (non-hydrogen) atoms. The summed E-state index contributed by atoms with van der Waals surface area (Å²) in [5.74, 6) is 0. The van der Waals surface area contributed by atoms with Crippen molar-refractivity contribution in [1.82, 2.24) is 15.5 Å². The van der Waals surface area contributed by atoms with Crippen molar-refractivity contribution in [3.8, 4) is 0 Å².